The molecule has 0 spiro atoms. The van der Waals surface area contributed by atoms with Crippen LogP contribution < -0.4 is 0 Å². The SMILES string of the molecule is CCCCCCCCCCCCCCCCCCCCCCC(=O)O[C@H](COC(=O)CCCCCCCCCCCCCCCC)COP(=O)(O)OC[C@@H](O)COP(=O)(O)OC[C@@H](COC(=O)CCCCCCCCC(C)CC)OC(=O)CCCCCCCCCCCC(C)C. The molecule has 96 heavy (non-hydrogen) atoms. The highest BCUT2D eigenvalue weighted by Gasteiger charge is 2.30. The second-order valence-corrected chi connectivity index (χ2v) is 31.4. The molecule has 0 saturated heterocycles. The van der Waals surface area contributed by atoms with Gasteiger partial charge < -0.3 is 33.8 Å². The third kappa shape index (κ3) is 69.2. The summed E-state index contributed by atoms with van der Waals surface area (Å²) in [6.45, 7) is 9.54. The van der Waals surface area contributed by atoms with Gasteiger partial charge >= 0.3 is 39.5 Å². The van der Waals surface area contributed by atoms with Gasteiger partial charge in [0.25, 0.3) is 0 Å². The van der Waals surface area contributed by atoms with E-state index in [0.29, 0.717) is 25.7 Å². The lowest BCUT2D eigenvalue weighted by Gasteiger charge is -2.21. The van der Waals surface area contributed by atoms with Gasteiger partial charge in [0, 0.05) is 25.7 Å². The number of carbonyl (C=O) groups excluding carboxylic acids is 4. The van der Waals surface area contributed by atoms with Gasteiger partial charge in [0.05, 0.1) is 26.4 Å². The van der Waals surface area contributed by atoms with E-state index in [1.54, 1.807) is 0 Å². The third-order valence-corrected chi connectivity index (χ3v) is 20.2. The summed E-state index contributed by atoms with van der Waals surface area (Å²) in [6, 6.07) is 0. The number of ether oxygens (including phenoxy) is 4. The zero-order valence-electron chi connectivity index (χ0n) is 62.7. The summed E-state index contributed by atoms with van der Waals surface area (Å²) < 4.78 is 68.5. The van der Waals surface area contributed by atoms with Crippen molar-refractivity contribution in [2.45, 2.75) is 419 Å². The number of aliphatic hydroxyl groups is 1. The van der Waals surface area contributed by atoms with Crippen molar-refractivity contribution >= 4 is 39.5 Å². The van der Waals surface area contributed by atoms with Crippen molar-refractivity contribution in [2.75, 3.05) is 39.6 Å². The molecule has 0 aromatic heterocycles. The van der Waals surface area contributed by atoms with E-state index in [9.17, 15) is 43.2 Å². The van der Waals surface area contributed by atoms with Crippen LogP contribution in [0.2, 0.25) is 0 Å². The second-order valence-electron chi connectivity index (χ2n) is 28.5. The molecule has 0 aliphatic carbocycles. The van der Waals surface area contributed by atoms with Gasteiger partial charge in [-0.2, -0.15) is 0 Å². The molecule has 3 unspecified atom stereocenters. The standard InChI is InChI=1S/C77H150O17P2/c1-7-10-12-14-16-18-20-22-24-25-26-27-28-29-31-33-37-41-49-55-61-76(81)93-72(65-87-74(79)59-53-47-40-36-32-30-23-21-19-17-15-13-11-8-2)67-91-95(83,84)89-63-71(78)64-90-96(85,86)92-68-73(66-88-75(80)60-54-48-44-43-46-52-58-70(6)9-3)94-77(82)62-56-50-42-38-34-35-39-45-51-57-69(4)5/h69-73,78H,7-68H2,1-6H3,(H,83,84)(H,85,86)/t70?,71-,72-,73-/m1/s1. The van der Waals surface area contributed by atoms with Crippen LogP contribution in [0.25, 0.3) is 0 Å². The van der Waals surface area contributed by atoms with E-state index in [1.807, 2.05) is 0 Å². The number of hydrogen-bond acceptors (Lipinski definition) is 15. The van der Waals surface area contributed by atoms with Crippen LogP contribution in [0.15, 0.2) is 0 Å². The van der Waals surface area contributed by atoms with Crippen molar-refractivity contribution in [1.82, 2.24) is 0 Å². The number of rotatable bonds is 76. The first-order chi connectivity index (χ1) is 46.4. The number of unbranched alkanes of at least 4 members (excludes halogenated alkanes) is 45. The molecule has 0 radical (unpaired) electrons. The van der Waals surface area contributed by atoms with Crippen LogP contribution in [-0.4, -0.2) is 96.7 Å². The number of hydrogen-bond donors (Lipinski definition) is 3. The fourth-order valence-corrected chi connectivity index (χ4v) is 13.4. The maximum atomic E-state index is 13.1. The van der Waals surface area contributed by atoms with Gasteiger partial charge in [0.2, 0.25) is 0 Å². The van der Waals surface area contributed by atoms with Crippen LogP contribution in [-0.2, 0) is 65.4 Å². The predicted octanol–water partition coefficient (Wildman–Crippen LogP) is 22.7. The van der Waals surface area contributed by atoms with E-state index in [2.05, 4.69) is 41.5 Å². The minimum absolute atomic E-state index is 0.105. The molecule has 0 amide bonds. The van der Waals surface area contributed by atoms with Gasteiger partial charge in [-0.3, -0.25) is 37.3 Å². The van der Waals surface area contributed by atoms with E-state index in [-0.39, 0.29) is 25.7 Å². The zero-order chi connectivity index (χ0) is 70.7. The van der Waals surface area contributed by atoms with E-state index in [1.165, 1.54) is 212 Å². The first-order valence-electron chi connectivity index (χ1n) is 40.0. The summed E-state index contributed by atoms with van der Waals surface area (Å²) in [5.74, 6) is -0.649. The molecule has 19 heteroatoms. The molecular weight excluding hydrogens is 1260 g/mol. The molecule has 17 nitrogen and oxygen atoms in total. The number of aliphatic hydroxyl groups excluding tert-OH is 1. The normalized spacial score (nSPS) is 14.3. The van der Waals surface area contributed by atoms with Crippen LogP contribution >= 0.6 is 15.6 Å². The monoisotopic (exact) mass is 1410 g/mol. The zero-order valence-corrected chi connectivity index (χ0v) is 64.5. The number of phosphoric ester groups is 2. The molecule has 0 rings (SSSR count). The lowest BCUT2D eigenvalue weighted by atomic mass is 10.00. The predicted molar refractivity (Wildman–Crippen MR) is 391 cm³/mol. The van der Waals surface area contributed by atoms with E-state index in [4.69, 9.17) is 37.0 Å². The van der Waals surface area contributed by atoms with Crippen molar-refractivity contribution < 1.29 is 80.2 Å². The summed E-state index contributed by atoms with van der Waals surface area (Å²) in [5.41, 5.74) is 0. The van der Waals surface area contributed by atoms with Crippen molar-refractivity contribution in [3.63, 3.8) is 0 Å². The minimum Gasteiger partial charge on any atom is -0.462 e. The Hall–Kier alpha value is -1.94. The minimum atomic E-state index is -4.96. The van der Waals surface area contributed by atoms with Crippen LogP contribution in [0.1, 0.15) is 401 Å². The maximum Gasteiger partial charge on any atom is 0.472 e. The summed E-state index contributed by atoms with van der Waals surface area (Å²) in [6.07, 6.45) is 57.0. The van der Waals surface area contributed by atoms with Gasteiger partial charge in [-0.25, -0.2) is 9.13 Å². The smallest absolute Gasteiger partial charge is 0.462 e. The first kappa shape index (κ1) is 94.1. The second kappa shape index (κ2) is 68.8. The Morgan fingerprint density at radius 2 is 0.531 bits per heavy atom. The van der Waals surface area contributed by atoms with E-state index >= 15 is 0 Å². The third-order valence-electron chi connectivity index (χ3n) is 18.3. The molecular formula is C77H150O17P2. The fraction of sp³-hybridized carbons (Fsp3) is 0.948. The topological polar surface area (TPSA) is 237 Å². The lowest BCUT2D eigenvalue weighted by molar-refractivity contribution is -0.161. The largest absolute Gasteiger partial charge is 0.472 e. The molecule has 0 aromatic carbocycles. The number of esters is 4. The highest BCUT2D eigenvalue weighted by molar-refractivity contribution is 7.47. The highest BCUT2D eigenvalue weighted by Crippen LogP contribution is 2.45. The lowest BCUT2D eigenvalue weighted by Crippen LogP contribution is -2.30. The first-order valence-corrected chi connectivity index (χ1v) is 43.0. The summed E-state index contributed by atoms with van der Waals surface area (Å²) in [7, 11) is -9.91. The van der Waals surface area contributed by atoms with Gasteiger partial charge in [0.15, 0.2) is 12.2 Å². The van der Waals surface area contributed by atoms with Gasteiger partial charge in [-0.05, 0) is 37.5 Å². The van der Waals surface area contributed by atoms with Gasteiger partial charge in [0.1, 0.15) is 19.3 Å². The Morgan fingerprint density at radius 1 is 0.302 bits per heavy atom. The van der Waals surface area contributed by atoms with E-state index in [0.717, 1.165) is 108 Å². The van der Waals surface area contributed by atoms with Crippen LogP contribution in [0.5, 0.6) is 0 Å². The Balaban J connectivity index is 5.22. The Kier molecular flexibility index (Phi) is 67.4. The quantitative estimate of drug-likeness (QED) is 0.0222. The van der Waals surface area contributed by atoms with Gasteiger partial charge in [-0.1, -0.05) is 350 Å². The summed E-state index contributed by atoms with van der Waals surface area (Å²) in [5, 5.41) is 10.6. The molecule has 0 saturated carbocycles. The van der Waals surface area contributed by atoms with Crippen LogP contribution in [0, 0.1) is 11.8 Å². The Bertz CT molecular complexity index is 1860. The average Bonchev–Trinajstić information content (AvgIpc) is 1.15. The molecule has 570 valence electrons. The molecule has 0 aliphatic heterocycles. The molecule has 0 aromatic rings. The summed E-state index contributed by atoms with van der Waals surface area (Å²) in [4.78, 5) is 72.8. The molecule has 0 fully saturated rings. The van der Waals surface area contributed by atoms with Gasteiger partial charge in [-0.15, -0.1) is 0 Å². The molecule has 0 bridgehead atoms. The number of phosphoric acid groups is 2. The average molecular weight is 1410 g/mol. The highest BCUT2D eigenvalue weighted by atomic mass is 31.2. The molecule has 0 heterocycles. The van der Waals surface area contributed by atoms with Crippen molar-refractivity contribution in [3.05, 3.63) is 0 Å². The van der Waals surface area contributed by atoms with Crippen LogP contribution in [0.4, 0.5) is 0 Å². The molecule has 6 atom stereocenters. The van der Waals surface area contributed by atoms with Crippen LogP contribution in [0.3, 0.4) is 0 Å². The van der Waals surface area contributed by atoms with Crippen molar-refractivity contribution in [1.29, 1.82) is 0 Å². The number of carbonyl (C=O) groups is 4. The molecule has 0 aliphatic rings. The van der Waals surface area contributed by atoms with E-state index < -0.39 is 97.5 Å². The summed E-state index contributed by atoms with van der Waals surface area (Å²) >= 11 is 0. The Morgan fingerprint density at radius 3 is 0.792 bits per heavy atom. The maximum absolute atomic E-state index is 13.1. The van der Waals surface area contributed by atoms with Crippen molar-refractivity contribution in [2.24, 2.45) is 11.8 Å². The Labute approximate surface area is 588 Å². The fourth-order valence-electron chi connectivity index (χ4n) is 11.8. The molecule has 3 N–H and O–H groups in total. The van der Waals surface area contributed by atoms with Crippen molar-refractivity contribution in [3.8, 4) is 0 Å².